The fourth-order valence-electron chi connectivity index (χ4n) is 1.05. The number of nitrogens with zero attached hydrogens (tertiary/aromatic N) is 2. The summed E-state index contributed by atoms with van der Waals surface area (Å²) in [6.07, 6.45) is 10.1. The minimum atomic E-state index is 0. The molecule has 0 aromatic carbocycles. The molecule has 0 atom stereocenters. The van der Waals surface area contributed by atoms with Gasteiger partial charge in [-0.1, -0.05) is 73.2 Å². The van der Waals surface area contributed by atoms with Crippen LogP contribution in [0.25, 0.3) is 0 Å². The molecule has 114 valence electrons. The molecule has 0 bridgehead atoms. The molecule has 0 aliphatic carbocycles. The van der Waals surface area contributed by atoms with Crippen molar-refractivity contribution in [3.05, 3.63) is 31.2 Å². The third-order valence-electron chi connectivity index (χ3n) is 1.72. The van der Waals surface area contributed by atoms with Crippen LogP contribution < -0.4 is 0 Å². The molecule has 4 radical (unpaired) electrons. The molecule has 0 aliphatic rings. The summed E-state index contributed by atoms with van der Waals surface area (Å²) >= 11 is 0. The summed E-state index contributed by atoms with van der Waals surface area (Å²) in [5.41, 5.74) is 0. The predicted molar refractivity (Wildman–Crippen MR) is 88.2 cm³/mol. The number of hydrogen-bond donors (Lipinski definition) is 0. The molecule has 0 saturated carbocycles. The van der Waals surface area contributed by atoms with Gasteiger partial charge in [-0.05, 0) is 6.42 Å². The molecule has 20 heavy (non-hydrogen) atoms. The Morgan fingerprint density at radius 2 is 1.55 bits per heavy atom. The quantitative estimate of drug-likeness (QED) is 0.428. The van der Waals surface area contributed by atoms with Crippen LogP contribution in [0.4, 0.5) is 0 Å². The van der Waals surface area contributed by atoms with Gasteiger partial charge in [0.1, 0.15) is 0 Å². The average Bonchev–Trinajstić information content (AvgIpc) is 2.51. The Morgan fingerprint density at radius 3 is 1.95 bits per heavy atom. The van der Waals surface area contributed by atoms with Gasteiger partial charge < -0.3 is 16.9 Å². The first kappa shape index (κ1) is 32.3. The summed E-state index contributed by atoms with van der Waals surface area (Å²) < 4.78 is 0. The van der Waals surface area contributed by atoms with Crippen LogP contribution in [0.15, 0.2) is 12.3 Å². The molecule has 0 spiro atoms. The molecular formula is C16H32BN2Y-2. The van der Waals surface area contributed by atoms with Crippen molar-refractivity contribution in [2.45, 2.75) is 73.6 Å². The Morgan fingerprint density at radius 1 is 1.00 bits per heavy atom. The van der Waals surface area contributed by atoms with Gasteiger partial charge in [-0.15, -0.1) is 6.07 Å². The van der Waals surface area contributed by atoms with Gasteiger partial charge in [0.25, 0.3) is 0 Å². The van der Waals surface area contributed by atoms with E-state index >= 15 is 0 Å². The number of unbranched alkanes of at least 4 members (excludes halogenated alkanes) is 3. The Labute approximate surface area is 155 Å². The van der Waals surface area contributed by atoms with Gasteiger partial charge in [0.2, 0.25) is 0 Å². The van der Waals surface area contributed by atoms with Crippen LogP contribution in [0.5, 0.6) is 0 Å². The van der Waals surface area contributed by atoms with Gasteiger partial charge in [-0.2, -0.15) is 6.42 Å². The van der Waals surface area contributed by atoms with Crippen LogP contribution in [0.3, 0.4) is 0 Å². The van der Waals surface area contributed by atoms with Gasteiger partial charge in [-0.25, -0.2) is 0 Å². The van der Waals surface area contributed by atoms with E-state index in [1.165, 1.54) is 12.8 Å². The van der Waals surface area contributed by atoms with Crippen LogP contribution in [-0.2, 0) is 39.1 Å². The first-order valence-corrected chi connectivity index (χ1v) is 7.40. The SMILES string of the molecule is CC.CC.CC.[B].[CH2-]CCCCCc1n[c-]ccn1.[Y]. The van der Waals surface area contributed by atoms with Crippen LogP contribution in [0.2, 0.25) is 0 Å². The van der Waals surface area contributed by atoms with Gasteiger partial charge in [0, 0.05) is 46.9 Å². The van der Waals surface area contributed by atoms with E-state index < -0.39 is 0 Å². The number of aryl methyl sites for hydroxylation is 1. The van der Waals surface area contributed by atoms with E-state index in [1.54, 1.807) is 12.3 Å². The molecular weight excluding hydrogens is 320 g/mol. The van der Waals surface area contributed by atoms with Crippen molar-refractivity contribution in [2.75, 3.05) is 0 Å². The van der Waals surface area contributed by atoms with Crippen LogP contribution >= 0.6 is 0 Å². The molecule has 0 amide bonds. The molecule has 0 unspecified atom stereocenters. The van der Waals surface area contributed by atoms with Crippen molar-refractivity contribution in [2.24, 2.45) is 0 Å². The van der Waals surface area contributed by atoms with E-state index in [2.05, 4.69) is 23.1 Å². The van der Waals surface area contributed by atoms with Crippen molar-refractivity contribution in [3.63, 3.8) is 0 Å². The minimum Gasteiger partial charge on any atom is -0.373 e. The summed E-state index contributed by atoms with van der Waals surface area (Å²) in [5.74, 6) is 0.904. The minimum absolute atomic E-state index is 0. The van der Waals surface area contributed by atoms with Gasteiger partial charge in [-0.3, -0.25) is 0 Å². The number of aromatic nitrogens is 2. The molecule has 2 nitrogen and oxygen atoms in total. The molecule has 0 N–H and O–H groups in total. The maximum atomic E-state index is 4.12. The summed E-state index contributed by atoms with van der Waals surface area (Å²) in [7, 11) is 0. The monoisotopic (exact) mass is 352 g/mol. The summed E-state index contributed by atoms with van der Waals surface area (Å²) in [6, 6.07) is 1.72. The third-order valence-corrected chi connectivity index (χ3v) is 1.72. The molecule has 1 aromatic rings. The second-order valence-corrected chi connectivity index (χ2v) is 2.77. The average molecular weight is 352 g/mol. The number of rotatable bonds is 5. The molecule has 0 aliphatic heterocycles. The second-order valence-electron chi connectivity index (χ2n) is 2.77. The standard InChI is InChI=1S/C10H14N2.3C2H6.B.Y/c1-2-3-4-5-7-10-11-8-6-9-12-10;3*1-2;;/h6,8H,1-5,7H2;3*1-2H3;;/q-2;;;;;. The zero-order valence-electron chi connectivity index (χ0n) is 14.4. The first-order chi connectivity index (χ1) is 8.93. The van der Waals surface area contributed by atoms with E-state index in [0.717, 1.165) is 25.1 Å². The fourth-order valence-corrected chi connectivity index (χ4v) is 1.05. The van der Waals surface area contributed by atoms with E-state index in [4.69, 9.17) is 0 Å². The zero-order chi connectivity index (χ0) is 14.6. The first-order valence-electron chi connectivity index (χ1n) is 7.40. The van der Waals surface area contributed by atoms with Crippen molar-refractivity contribution in [1.29, 1.82) is 0 Å². The van der Waals surface area contributed by atoms with Crippen molar-refractivity contribution in [3.8, 4) is 0 Å². The summed E-state index contributed by atoms with van der Waals surface area (Å²) in [4.78, 5) is 8.14. The Hall–Kier alpha value is 0.249. The Balaban J connectivity index is -0.0000000833. The zero-order valence-corrected chi connectivity index (χ0v) is 17.3. The fraction of sp³-hybridized carbons (Fsp3) is 0.688. The molecule has 0 fully saturated rings. The normalized spacial score (nSPS) is 6.95. The van der Waals surface area contributed by atoms with E-state index in [9.17, 15) is 0 Å². The van der Waals surface area contributed by atoms with Gasteiger partial charge in [0.15, 0.2) is 0 Å². The van der Waals surface area contributed by atoms with Crippen LogP contribution in [0.1, 0.15) is 73.1 Å². The molecule has 1 rings (SSSR count). The Bertz CT molecular complexity index is 209. The maximum Gasteiger partial charge on any atom is 0.0135 e. The smallest absolute Gasteiger partial charge is 0.0135 e. The predicted octanol–water partition coefficient (Wildman–Crippen LogP) is 4.91. The molecule has 1 heterocycles. The van der Waals surface area contributed by atoms with Crippen LogP contribution in [-0.4, -0.2) is 18.4 Å². The molecule has 1 aromatic heterocycles. The molecule has 0 saturated heterocycles. The van der Waals surface area contributed by atoms with E-state index in [0.29, 0.717) is 0 Å². The molecule has 4 heteroatoms. The Kier molecular flexibility index (Phi) is 58.9. The second kappa shape index (κ2) is 36.5. The van der Waals surface area contributed by atoms with Crippen molar-refractivity contribution >= 4 is 8.41 Å². The van der Waals surface area contributed by atoms with E-state index in [-0.39, 0.29) is 41.1 Å². The van der Waals surface area contributed by atoms with Crippen LogP contribution in [0, 0.1) is 13.1 Å². The number of hydrogen-bond acceptors (Lipinski definition) is 2. The third kappa shape index (κ3) is 26.7. The van der Waals surface area contributed by atoms with E-state index in [1.807, 2.05) is 41.5 Å². The maximum absolute atomic E-state index is 4.12. The summed E-state index contributed by atoms with van der Waals surface area (Å²) in [6.45, 7) is 15.8. The van der Waals surface area contributed by atoms with Crippen molar-refractivity contribution in [1.82, 2.24) is 9.97 Å². The largest absolute Gasteiger partial charge is 0.373 e. The van der Waals surface area contributed by atoms with Gasteiger partial charge >= 0.3 is 0 Å². The summed E-state index contributed by atoms with van der Waals surface area (Å²) in [5, 5.41) is 0. The topological polar surface area (TPSA) is 25.8 Å². The van der Waals surface area contributed by atoms with Crippen molar-refractivity contribution < 1.29 is 32.7 Å². The van der Waals surface area contributed by atoms with Gasteiger partial charge in [0.05, 0.1) is 0 Å².